The van der Waals surface area contributed by atoms with Gasteiger partial charge in [0.15, 0.2) is 0 Å². The van der Waals surface area contributed by atoms with Crippen LogP contribution in [0.4, 0.5) is 10.1 Å². The Kier molecular flexibility index (Phi) is 1.62. The van der Waals surface area contributed by atoms with Crippen molar-refractivity contribution in [2.75, 3.05) is 0 Å². The number of nitro benzene ring substituents is 1. The summed E-state index contributed by atoms with van der Waals surface area (Å²) in [7, 11) is 0. The van der Waals surface area contributed by atoms with Crippen molar-refractivity contribution < 1.29 is 9.31 Å². The van der Waals surface area contributed by atoms with E-state index < -0.39 is 10.7 Å². The third-order valence-corrected chi connectivity index (χ3v) is 0.949. The van der Waals surface area contributed by atoms with Gasteiger partial charge in [-0.1, -0.05) is 0 Å². The van der Waals surface area contributed by atoms with Crippen molar-refractivity contribution >= 4 is 5.69 Å². The van der Waals surface area contributed by atoms with Crippen LogP contribution in [0, 0.1) is 22.0 Å². The van der Waals surface area contributed by atoms with E-state index in [9.17, 15) is 14.5 Å². The third kappa shape index (κ3) is 1.28. The van der Waals surface area contributed by atoms with Gasteiger partial charge in [0.2, 0.25) is 0 Å². The predicted molar refractivity (Wildman–Crippen MR) is 31.9 cm³/mol. The number of nitrogens with zero attached hydrogens (tertiary/aromatic N) is 1. The van der Waals surface area contributed by atoms with Gasteiger partial charge in [-0.2, -0.15) is 0 Å². The van der Waals surface area contributed by atoms with Crippen LogP contribution in [0.25, 0.3) is 0 Å². The van der Waals surface area contributed by atoms with Crippen LogP contribution >= 0.6 is 0 Å². The minimum Gasteiger partial charge on any atom is -0.258 e. The molecule has 10 heavy (non-hydrogen) atoms. The van der Waals surface area contributed by atoms with Gasteiger partial charge < -0.3 is 0 Å². The van der Waals surface area contributed by atoms with E-state index in [0.29, 0.717) is 0 Å². The molecule has 0 bridgehead atoms. The van der Waals surface area contributed by atoms with E-state index in [1.54, 1.807) is 0 Å². The molecule has 4 heteroatoms. The third-order valence-electron chi connectivity index (χ3n) is 0.949. The number of non-ortho nitro benzene ring substituents is 1. The first-order valence-electron chi connectivity index (χ1n) is 2.51. The summed E-state index contributed by atoms with van der Waals surface area (Å²) in [6.45, 7) is 0. The van der Waals surface area contributed by atoms with Crippen LogP contribution in [0.15, 0.2) is 18.2 Å². The van der Waals surface area contributed by atoms with E-state index in [2.05, 4.69) is 6.07 Å². The van der Waals surface area contributed by atoms with Crippen LogP contribution in [0.1, 0.15) is 0 Å². The summed E-state index contributed by atoms with van der Waals surface area (Å²) in [6, 6.07) is 5.29. The molecule has 0 unspecified atom stereocenters. The van der Waals surface area contributed by atoms with Gasteiger partial charge in [-0.05, 0) is 12.1 Å². The zero-order chi connectivity index (χ0) is 7.56. The average molecular weight is 140 g/mol. The van der Waals surface area contributed by atoms with Gasteiger partial charge in [0.05, 0.1) is 11.0 Å². The van der Waals surface area contributed by atoms with Crippen molar-refractivity contribution in [2.24, 2.45) is 0 Å². The molecule has 0 fully saturated rings. The molecule has 0 amide bonds. The Bertz CT molecular complexity index is 262. The zero-order valence-corrected chi connectivity index (χ0v) is 4.87. The SMILES string of the molecule is O=[N+]([O-])c1c[c]cc(F)c1. The largest absolute Gasteiger partial charge is 0.272 e. The minimum absolute atomic E-state index is 0.278. The fourth-order valence-electron chi connectivity index (χ4n) is 0.537. The number of benzene rings is 1. The quantitative estimate of drug-likeness (QED) is 0.438. The molecule has 51 valence electrons. The molecular formula is C6H3FNO2. The fourth-order valence-corrected chi connectivity index (χ4v) is 0.537. The van der Waals surface area contributed by atoms with Crippen LogP contribution in [0.5, 0.6) is 0 Å². The lowest BCUT2D eigenvalue weighted by Gasteiger charge is -1.87. The van der Waals surface area contributed by atoms with Crippen molar-refractivity contribution in [3.05, 3.63) is 40.2 Å². The minimum atomic E-state index is -0.667. The zero-order valence-electron chi connectivity index (χ0n) is 4.87. The molecule has 0 atom stereocenters. The molecule has 0 spiro atoms. The topological polar surface area (TPSA) is 43.1 Å². The first-order chi connectivity index (χ1) is 4.70. The molecule has 0 aromatic heterocycles. The van der Waals surface area contributed by atoms with E-state index in [-0.39, 0.29) is 5.69 Å². The number of hydrogen-bond donors (Lipinski definition) is 0. The molecule has 1 aromatic carbocycles. The van der Waals surface area contributed by atoms with Gasteiger partial charge in [-0.15, -0.1) is 0 Å². The molecule has 0 saturated heterocycles. The van der Waals surface area contributed by atoms with E-state index in [0.717, 1.165) is 18.2 Å². The first-order valence-corrected chi connectivity index (χ1v) is 2.51. The van der Waals surface area contributed by atoms with Crippen LogP contribution in [0.2, 0.25) is 0 Å². The molecule has 1 rings (SSSR count). The second-order valence-electron chi connectivity index (χ2n) is 1.67. The van der Waals surface area contributed by atoms with Crippen LogP contribution < -0.4 is 0 Å². The predicted octanol–water partition coefficient (Wildman–Crippen LogP) is 1.53. The molecule has 1 radical (unpaired) electrons. The Labute approximate surface area is 56.2 Å². The number of hydrogen-bond acceptors (Lipinski definition) is 2. The van der Waals surface area contributed by atoms with E-state index >= 15 is 0 Å². The summed E-state index contributed by atoms with van der Waals surface area (Å²) in [6.07, 6.45) is 0. The fraction of sp³-hybridized carbons (Fsp3) is 0. The summed E-state index contributed by atoms with van der Waals surface area (Å²) < 4.78 is 12.2. The van der Waals surface area contributed by atoms with Crippen LogP contribution in [-0.4, -0.2) is 4.92 Å². The Morgan fingerprint density at radius 1 is 1.60 bits per heavy atom. The summed E-state index contributed by atoms with van der Waals surface area (Å²) in [5.74, 6) is -0.644. The average Bonchev–Trinajstić information content (AvgIpc) is 1.88. The number of rotatable bonds is 1. The van der Waals surface area contributed by atoms with Crippen molar-refractivity contribution in [3.63, 3.8) is 0 Å². The van der Waals surface area contributed by atoms with Crippen LogP contribution in [0.3, 0.4) is 0 Å². The van der Waals surface area contributed by atoms with Crippen LogP contribution in [-0.2, 0) is 0 Å². The van der Waals surface area contributed by atoms with Crippen molar-refractivity contribution in [1.29, 1.82) is 0 Å². The molecule has 3 nitrogen and oxygen atoms in total. The van der Waals surface area contributed by atoms with Gasteiger partial charge >= 0.3 is 0 Å². The lowest BCUT2D eigenvalue weighted by molar-refractivity contribution is -0.385. The molecule has 0 saturated carbocycles. The molecule has 0 aliphatic heterocycles. The smallest absolute Gasteiger partial charge is 0.258 e. The summed E-state index contributed by atoms with van der Waals surface area (Å²) >= 11 is 0. The Hall–Kier alpha value is -1.45. The van der Waals surface area contributed by atoms with Gasteiger partial charge in [0, 0.05) is 6.07 Å². The molecule has 0 N–H and O–H groups in total. The highest BCUT2D eigenvalue weighted by Gasteiger charge is 2.03. The second kappa shape index (κ2) is 2.43. The van der Waals surface area contributed by atoms with Gasteiger partial charge in [-0.25, -0.2) is 4.39 Å². The summed E-state index contributed by atoms with van der Waals surface area (Å²) in [4.78, 5) is 9.30. The standard InChI is InChI=1S/C6H3FNO2/c7-5-2-1-3-6(4-5)8(9)10/h2-4H. The van der Waals surface area contributed by atoms with Crippen molar-refractivity contribution in [1.82, 2.24) is 0 Å². The lowest BCUT2D eigenvalue weighted by atomic mass is 10.3. The van der Waals surface area contributed by atoms with Crippen molar-refractivity contribution in [3.8, 4) is 0 Å². The highest BCUT2D eigenvalue weighted by Crippen LogP contribution is 2.10. The highest BCUT2D eigenvalue weighted by molar-refractivity contribution is 5.28. The molecule has 0 aliphatic carbocycles. The lowest BCUT2D eigenvalue weighted by Crippen LogP contribution is -1.87. The second-order valence-corrected chi connectivity index (χ2v) is 1.67. The van der Waals surface area contributed by atoms with Gasteiger partial charge in [-0.3, -0.25) is 10.1 Å². The highest BCUT2D eigenvalue weighted by atomic mass is 19.1. The van der Waals surface area contributed by atoms with E-state index in [1.165, 1.54) is 0 Å². The maximum absolute atomic E-state index is 12.2. The first kappa shape index (κ1) is 6.67. The number of nitro groups is 1. The molecule has 0 heterocycles. The van der Waals surface area contributed by atoms with Crippen molar-refractivity contribution in [2.45, 2.75) is 0 Å². The summed E-state index contributed by atoms with van der Waals surface area (Å²) in [5.41, 5.74) is -0.278. The molecular weight excluding hydrogens is 137 g/mol. The maximum atomic E-state index is 12.2. The van der Waals surface area contributed by atoms with Gasteiger partial charge in [0.25, 0.3) is 5.69 Å². The Morgan fingerprint density at radius 2 is 2.30 bits per heavy atom. The Balaban J connectivity index is 3.07. The molecule has 0 aliphatic rings. The van der Waals surface area contributed by atoms with E-state index in [1.807, 2.05) is 0 Å². The monoisotopic (exact) mass is 140 g/mol. The van der Waals surface area contributed by atoms with Gasteiger partial charge in [0.1, 0.15) is 5.82 Å². The van der Waals surface area contributed by atoms with E-state index in [4.69, 9.17) is 0 Å². The number of halogens is 1. The Morgan fingerprint density at radius 3 is 2.70 bits per heavy atom. The normalized spacial score (nSPS) is 9.30. The summed E-state index contributed by atoms with van der Waals surface area (Å²) in [5, 5.41) is 9.97. The molecule has 1 aromatic rings. The maximum Gasteiger partial charge on any atom is 0.272 e.